The number of halogens is 1. The molecule has 1 fully saturated rings. The van der Waals surface area contributed by atoms with E-state index in [1.54, 1.807) is 48.7 Å². The van der Waals surface area contributed by atoms with Crippen molar-refractivity contribution < 1.29 is 23.5 Å². The molecule has 0 bridgehead atoms. The average Bonchev–Trinajstić information content (AvgIpc) is 3.22. The number of nitrogens with one attached hydrogen (secondary N) is 2. The molecule has 34 heavy (non-hydrogen) atoms. The molecule has 1 aromatic heterocycles. The molecule has 0 saturated carbocycles. The number of nitrogens with zero attached hydrogens (tertiary/aromatic N) is 2. The summed E-state index contributed by atoms with van der Waals surface area (Å²) in [6.07, 6.45) is 0.562. The Hall–Kier alpha value is -4.27. The van der Waals surface area contributed by atoms with E-state index < -0.39 is 18.0 Å². The molecular formula is C25H23FN4O4. The molecule has 2 aromatic carbocycles. The van der Waals surface area contributed by atoms with Gasteiger partial charge in [0.1, 0.15) is 11.9 Å². The van der Waals surface area contributed by atoms with Crippen molar-refractivity contribution in [2.24, 2.45) is 0 Å². The second-order valence-electron chi connectivity index (χ2n) is 7.80. The minimum absolute atomic E-state index is 0.194. The van der Waals surface area contributed by atoms with E-state index in [0.717, 1.165) is 5.69 Å². The van der Waals surface area contributed by atoms with Gasteiger partial charge in [-0.2, -0.15) is 0 Å². The van der Waals surface area contributed by atoms with Crippen LogP contribution in [0.25, 0.3) is 11.1 Å². The SMILES string of the molecule is CC(=O)NCC1CN(c2ccc(-c3ccc(C(=O)NCc4ccccn4)cc3)c(F)c2)C(=O)O1. The predicted molar refractivity (Wildman–Crippen MR) is 124 cm³/mol. The molecule has 0 spiro atoms. The molecule has 4 rings (SSSR count). The lowest BCUT2D eigenvalue weighted by Gasteiger charge is -2.14. The van der Waals surface area contributed by atoms with E-state index in [0.29, 0.717) is 28.9 Å². The lowest BCUT2D eigenvalue weighted by Crippen LogP contribution is -2.33. The number of amides is 3. The maximum Gasteiger partial charge on any atom is 0.414 e. The third kappa shape index (κ3) is 5.37. The number of carbonyl (C=O) groups excluding carboxylic acids is 3. The van der Waals surface area contributed by atoms with Crippen molar-refractivity contribution in [3.8, 4) is 11.1 Å². The Morgan fingerprint density at radius 3 is 2.59 bits per heavy atom. The third-order valence-electron chi connectivity index (χ3n) is 5.33. The fourth-order valence-corrected chi connectivity index (χ4v) is 3.58. The van der Waals surface area contributed by atoms with Crippen molar-refractivity contribution in [3.05, 3.63) is 83.9 Å². The molecule has 1 saturated heterocycles. The Bertz CT molecular complexity index is 1200. The van der Waals surface area contributed by atoms with E-state index >= 15 is 0 Å². The Morgan fingerprint density at radius 2 is 1.91 bits per heavy atom. The van der Waals surface area contributed by atoms with Gasteiger partial charge >= 0.3 is 6.09 Å². The van der Waals surface area contributed by atoms with E-state index in [1.165, 1.54) is 17.9 Å². The molecule has 3 amide bonds. The maximum absolute atomic E-state index is 14.9. The largest absolute Gasteiger partial charge is 0.442 e. The first-order valence-electron chi connectivity index (χ1n) is 10.7. The molecule has 2 N–H and O–H groups in total. The number of hydrogen-bond acceptors (Lipinski definition) is 5. The van der Waals surface area contributed by atoms with Crippen LogP contribution in [0, 0.1) is 5.82 Å². The average molecular weight is 462 g/mol. The van der Waals surface area contributed by atoms with Gasteiger partial charge in [0, 0.05) is 24.2 Å². The van der Waals surface area contributed by atoms with Crippen LogP contribution in [0.4, 0.5) is 14.9 Å². The van der Waals surface area contributed by atoms with Gasteiger partial charge in [0.2, 0.25) is 5.91 Å². The van der Waals surface area contributed by atoms with Gasteiger partial charge in [-0.25, -0.2) is 9.18 Å². The third-order valence-corrected chi connectivity index (χ3v) is 5.33. The van der Waals surface area contributed by atoms with Crippen LogP contribution in [0.2, 0.25) is 0 Å². The van der Waals surface area contributed by atoms with Crippen LogP contribution in [0.3, 0.4) is 0 Å². The van der Waals surface area contributed by atoms with Gasteiger partial charge in [0.15, 0.2) is 0 Å². The summed E-state index contributed by atoms with van der Waals surface area (Å²) >= 11 is 0. The van der Waals surface area contributed by atoms with Crippen LogP contribution in [0.5, 0.6) is 0 Å². The van der Waals surface area contributed by atoms with Crippen molar-refractivity contribution in [2.75, 3.05) is 18.0 Å². The summed E-state index contributed by atoms with van der Waals surface area (Å²) in [7, 11) is 0. The number of pyridine rings is 1. The quantitative estimate of drug-likeness (QED) is 0.561. The zero-order chi connectivity index (χ0) is 24.1. The van der Waals surface area contributed by atoms with Crippen molar-refractivity contribution in [2.45, 2.75) is 19.6 Å². The zero-order valence-corrected chi connectivity index (χ0v) is 18.5. The van der Waals surface area contributed by atoms with Crippen LogP contribution >= 0.6 is 0 Å². The first-order valence-corrected chi connectivity index (χ1v) is 10.7. The minimum atomic E-state index is -0.594. The smallest absolute Gasteiger partial charge is 0.414 e. The minimum Gasteiger partial charge on any atom is -0.442 e. The Morgan fingerprint density at radius 1 is 1.12 bits per heavy atom. The Labute approximate surface area is 195 Å². The molecular weight excluding hydrogens is 439 g/mol. The maximum atomic E-state index is 14.9. The highest BCUT2D eigenvalue weighted by atomic mass is 19.1. The normalized spacial score (nSPS) is 15.1. The molecule has 0 aliphatic carbocycles. The fourth-order valence-electron chi connectivity index (χ4n) is 3.58. The van der Waals surface area contributed by atoms with Gasteiger partial charge in [-0.3, -0.25) is 19.5 Å². The number of benzene rings is 2. The van der Waals surface area contributed by atoms with Gasteiger partial charge in [0.25, 0.3) is 5.91 Å². The molecule has 1 aliphatic rings. The highest BCUT2D eigenvalue weighted by molar-refractivity contribution is 5.94. The van der Waals surface area contributed by atoms with Crippen molar-refractivity contribution in [1.29, 1.82) is 0 Å². The summed E-state index contributed by atoms with van der Waals surface area (Å²) in [5, 5.41) is 5.40. The summed E-state index contributed by atoms with van der Waals surface area (Å²) in [5.41, 5.74) is 2.49. The molecule has 174 valence electrons. The Balaban J connectivity index is 1.41. The van der Waals surface area contributed by atoms with Gasteiger partial charge in [-0.1, -0.05) is 18.2 Å². The summed E-state index contributed by atoms with van der Waals surface area (Å²) in [6.45, 7) is 2.09. The van der Waals surface area contributed by atoms with E-state index in [1.807, 2.05) is 12.1 Å². The van der Waals surface area contributed by atoms with Gasteiger partial charge in [0.05, 0.1) is 31.0 Å². The standard InChI is InChI=1S/C25H23FN4O4/c1-16(31)28-14-21-15-30(25(33)34-21)20-9-10-22(23(26)12-20)17-5-7-18(8-6-17)24(32)29-13-19-4-2-3-11-27-19/h2-12,21H,13-15H2,1H3,(H,28,31)(H,29,32). The molecule has 1 unspecified atom stereocenters. The van der Waals surface area contributed by atoms with E-state index in [-0.39, 0.29) is 24.9 Å². The zero-order valence-electron chi connectivity index (χ0n) is 18.5. The van der Waals surface area contributed by atoms with Gasteiger partial charge in [-0.05, 0) is 48.0 Å². The molecule has 9 heteroatoms. The number of ether oxygens (including phenoxy) is 1. The van der Waals surface area contributed by atoms with Gasteiger partial charge < -0.3 is 15.4 Å². The van der Waals surface area contributed by atoms with E-state index in [4.69, 9.17) is 4.74 Å². The second-order valence-corrected chi connectivity index (χ2v) is 7.80. The molecule has 2 heterocycles. The highest BCUT2D eigenvalue weighted by Gasteiger charge is 2.32. The first-order chi connectivity index (χ1) is 16.4. The second kappa shape index (κ2) is 10.1. The molecule has 0 radical (unpaired) electrons. The van der Waals surface area contributed by atoms with E-state index in [9.17, 15) is 18.8 Å². The van der Waals surface area contributed by atoms with Crippen LogP contribution in [-0.4, -0.2) is 42.1 Å². The summed E-state index contributed by atoms with van der Waals surface area (Å²) in [5.74, 6) is -0.987. The Kier molecular flexibility index (Phi) is 6.82. The van der Waals surface area contributed by atoms with Crippen LogP contribution in [-0.2, 0) is 16.1 Å². The molecule has 1 atom stereocenters. The lowest BCUT2D eigenvalue weighted by atomic mass is 10.0. The molecule has 8 nitrogen and oxygen atoms in total. The first kappa shape index (κ1) is 22.9. The lowest BCUT2D eigenvalue weighted by molar-refractivity contribution is -0.119. The predicted octanol–water partition coefficient (Wildman–Crippen LogP) is 3.28. The highest BCUT2D eigenvalue weighted by Crippen LogP contribution is 2.29. The number of carbonyl (C=O) groups is 3. The monoisotopic (exact) mass is 462 g/mol. The summed E-state index contributed by atoms with van der Waals surface area (Å²) in [4.78, 5) is 41.1. The number of hydrogen-bond donors (Lipinski definition) is 2. The number of anilines is 1. The van der Waals surface area contributed by atoms with Crippen molar-refractivity contribution >= 4 is 23.6 Å². The van der Waals surface area contributed by atoms with Crippen LogP contribution in [0.15, 0.2) is 66.9 Å². The number of rotatable bonds is 7. The van der Waals surface area contributed by atoms with Crippen molar-refractivity contribution in [3.63, 3.8) is 0 Å². The number of cyclic esters (lactones) is 1. The summed E-state index contributed by atoms with van der Waals surface area (Å²) in [6, 6.07) is 16.5. The van der Waals surface area contributed by atoms with Crippen LogP contribution in [0.1, 0.15) is 23.0 Å². The van der Waals surface area contributed by atoms with Crippen molar-refractivity contribution in [1.82, 2.24) is 15.6 Å². The molecule has 3 aromatic rings. The van der Waals surface area contributed by atoms with Crippen LogP contribution < -0.4 is 15.5 Å². The molecule has 1 aliphatic heterocycles. The fraction of sp³-hybridized carbons (Fsp3) is 0.200. The topological polar surface area (TPSA) is 101 Å². The number of aromatic nitrogens is 1. The summed E-state index contributed by atoms with van der Waals surface area (Å²) < 4.78 is 20.1. The van der Waals surface area contributed by atoms with Gasteiger partial charge in [-0.15, -0.1) is 0 Å². The van der Waals surface area contributed by atoms with E-state index in [2.05, 4.69) is 15.6 Å².